The molecule has 34 heavy (non-hydrogen) atoms. The zero-order valence-electron chi connectivity index (χ0n) is 19.3. The number of hydrogen-bond acceptors (Lipinski definition) is 4. The Morgan fingerprint density at radius 2 is 1.03 bits per heavy atom. The zero-order chi connectivity index (χ0) is 24.7. The van der Waals surface area contributed by atoms with Gasteiger partial charge in [-0.2, -0.15) is 0 Å². The molecule has 7 heteroatoms. The van der Waals surface area contributed by atoms with E-state index in [9.17, 15) is 19.2 Å². The third-order valence-electron chi connectivity index (χ3n) is 4.83. The van der Waals surface area contributed by atoms with Gasteiger partial charge in [0.1, 0.15) is 6.29 Å². The van der Waals surface area contributed by atoms with E-state index in [1.165, 1.54) is 0 Å². The van der Waals surface area contributed by atoms with E-state index in [-0.39, 0.29) is 23.1 Å². The highest BCUT2D eigenvalue weighted by Gasteiger charge is 2.16. The summed E-state index contributed by atoms with van der Waals surface area (Å²) in [5.41, 5.74) is 3.02. The fraction of sp³-hybridized carbons (Fsp3) is 0.185. The molecule has 0 fully saturated rings. The number of rotatable bonds is 7. The molecule has 0 unspecified atom stereocenters. The van der Waals surface area contributed by atoms with Crippen molar-refractivity contribution in [1.82, 2.24) is 0 Å². The van der Waals surface area contributed by atoms with E-state index in [4.69, 9.17) is 0 Å². The summed E-state index contributed by atoms with van der Waals surface area (Å²) >= 11 is 0. The first kappa shape index (κ1) is 24.4. The van der Waals surface area contributed by atoms with Crippen LogP contribution in [0.4, 0.5) is 17.1 Å². The van der Waals surface area contributed by atoms with Crippen LogP contribution in [0, 0.1) is 5.41 Å². The molecule has 0 spiro atoms. The van der Waals surface area contributed by atoms with Gasteiger partial charge in [-0.3, -0.25) is 19.2 Å². The molecule has 0 aliphatic carbocycles. The van der Waals surface area contributed by atoms with Crippen molar-refractivity contribution in [2.45, 2.75) is 27.2 Å². The number of benzene rings is 3. The number of aldehydes is 1. The van der Waals surface area contributed by atoms with Gasteiger partial charge in [0.25, 0.3) is 11.8 Å². The minimum atomic E-state index is -0.306. The lowest BCUT2D eigenvalue weighted by atomic mass is 9.92. The SMILES string of the molecule is CC(C)(C)CC(=O)Nc1ccc(C(=O)Nc2ccc(C(=O)Nc3ccc(C=O)cc3)cc2)cc1. The molecule has 0 radical (unpaired) electrons. The van der Waals surface area contributed by atoms with E-state index in [2.05, 4.69) is 16.0 Å². The van der Waals surface area contributed by atoms with Crippen LogP contribution in [0.1, 0.15) is 58.3 Å². The van der Waals surface area contributed by atoms with Gasteiger partial charge in [-0.1, -0.05) is 20.8 Å². The van der Waals surface area contributed by atoms with Crippen LogP contribution in [0.25, 0.3) is 0 Å². The number of carbonyl (C=O) groups is 4. The minimum Gasteiger partial charge on any atom is -0.326 e. The van der Waals surface area contributed by atoms with Gasteiger partial charge in [-0.15, -0.1) is 0 Å². The molecule has 0 atom stereocenters. The molecule has 0 saturated heterocycles. The van der Waals surface area contributed by atoms with Crippen LogP contribution in [0.15, 0.2) is 72.8 Å². The molecule has 0 aromatic heterocycles. The third kappa shape index (κ3) is 7.13. The lowest BCUT2D eigenvalue weighted by Gasteiger charge is -2.17. The number of anilines is 3. The van der Waals surface area contributed by atoms with Crippen molar-refractivity contribution in [3.63, 3.8) is 0 Å². The van der Waals surface area contributed by atoms with Crippen LogP contribution in [-0.4, -0.2) is 24.0 Å². The number of nitrogens with one attached hydrogen (secondary N) is 3. The van der Waals surface area contributed by atoms with E-state index in [1.807, 2.05) is 20.8 Å². The maximum Gasteiger partial charge on any atom is 0.255 e. The summed E-state index contributed by atoms with van der Waals surface area (Å²) in [6.45, 7) is 5.98. The first-order valence-electron chi connectivity index (χ1n) is 10.8. The molecule has 0 heterocycles. The van der Waals surface area contributed by atoms with Gasteiger partial charge < -0.3 is 16.0 Å². The van der Waals surface area contributed by atoms with Crippen LogP contribution >= 0.6 is 0 Å². The van der Waals surface area contributed by atoms with E-state index in [0.29, 0.717) is 40.2 Å². The number of hydrogen-bond donors (Lipinski definition) is 3. The second-order valence-corrected chi connectivity index (χ2v) is 9.09. The van der Waals surface area contributed by atoms with Crippen molar-refractivity contribution in [2.24, 2.45) is 5.41 Å². The van der Waals surface area contributed by atoms with Crippen molar-refractivity contribution in [1.29, 1.82) is 0 Å². The van der Waals surface area contributed by atoms with Crippen LogP contribution in [0.5, 0.6) is 0 Å². The van der Waals surface area contributed by atoms with E-state index in [1.54, 1.807) is 72.8 Å². The molecule has 3 rings (SSSR count). The molecule has 3 amide bonds. The van der Waals surface area contributed by atoms with E-state index in [0.717, 1.165) is 6.29 Å². The summed E-state index contributed by atoms with van der Waals surface area (Å²) < 4.78 is 0. The lowest BCUT2D eigenvalue weighted by Crippen LogP contribution is -2.19. The van der Waals surface area contributed by atoms with Gasteiger partial charge in [0.05, 0.1) is 0 Å². The highest BCUT2D eigenvalue weighted by Crippen LogP contribution is 2.20. The Morgan fingerprint density at radius 1 is 0.647 bits per heavy atom. The molecule has 0 bridgehead atoms. The Bertz CT molecular complexity index is 1180. The standard InChI is InChI=1S/C27H27N3O4/c1-27(2,3)16-24(32)28-21-12-6-19(7-13-21)26(34)30-23-14-8-20(9-15-23)25(33)29-22-10-4-18(17-31)5-11-22/h4-15,17H,16H2,1-3H3,(H,28,32)(H,29,33)(H,30,34). The second-order valence-electron chi connectivity index (χ2n) is 9.09. The Balaban J connectivity index is 1.56. The first-order chi connectivity index (χ1) is 16.1. The Hall–Kier alpha value is -4.26. The number of amides is 3. The second kappa shape index (κ2) is 10.6. The molecule has 3 aromatic carbocycles. The summed E-state index contributed by atoms with van der Waals surface area (Å²) in [7, 11) is 0. The van der Waals surface area contributed by atoms with Gasteiger partial charge in [-0.25, -0.2) is 0 Å². The fourth-order valence-electron chi connectivity index (χ4n) is 3.15. The maximum absolute atomic E-state index is 12.5. The van der Waals surface area contributed by atoms with Crippen molar-refractivity contribution in [3.05, 3.63) is 89.5 Å². The highest BCUT2D eigenvalue weighted by molar-refractivity contribution is 6.06. The normalized spacial score (nSPS) is 10.8. The molecule has 0 saturated carbocycles. The molecule has 3 aromatic rings. The topological polar surface area (TPSA) is 104 Å². The van der Waals surface area contributed by atoms with Crippen LogP contribution in [0.2, 0.25) is 0 Å². The number of carbonyl (C=O) groups excluding carboxylic acids is 4. The van der Waals surface area contributed by atoms with Crippen LogP contribution in [-0.2, 0) is 4.79 Å². The lowest BCUT2D eigenvalue weighted by molar-refractivity contribution is -0.117. The monoisotopic (exact) mass is 457 g/mol. The molecule has 174 valence electrons. The largest absolute Gasteiger partial charge is 0.326 e. The van der Waals surface area contributed by atoms with Gasteiger partial charge in [-0.05, 0) is 78.2 Å². The van der Waals surface area contributed by atoms with Gasteiger partial charge in [0.15, 0.2) is 0 Å². The predicted molar refractivity (Wildman–Crippen MR) is 133 cm³/mol. The van der Waals surface area contributed by atoms with E-state index < -0.39 is 0 Å². The van der Waals surface area contributed by atoms with Crippen molar-refractivity contribution in [2.75, 3.05) is 16.0 Å². The molecule has 3 N–H and O–H groups in total. The van der Waals surface area contributed by atoms with Crippen LogP contribution in [0.3, 0.4) is 0 Å². The Labute approximate surface area is 198 Å². The van der Waals surface area contributed by atoms with Gasteiger partial charge in [0.2, 0.25) is 5.91 Å². The van der Waals surface area contributed by atoms with E-state index >= 15 is 0 Å². The van der Waals surface area contributed by atoms with Gasteiger partial charge in [0, 0.05) is 40.2 Å². The summed E-state index contributed by atoms with van der Waals surface area (Å²) in [6.07, 6.45) is 1.13. The summed E-state index contributed by atoms with van der Waals surface area (Å²) in [5.74, 6) is -0.687. The minimum absolute atomic E-state index is 0.0770. The first-order valence-corrected chi connectivity index (χ1v) is 10.8. The average molecular weight is 458 g/mol. The average Bonchev–Trinajstić information content (AvgIpc) is 2.79. The molecular weight excluding hydrogens is 430 g/mol. The summed E-state index contributed by atoms with van der Waals surface area (Å²) in [4.78, 5) is 47.7. The molecule has 7 nitrogen and oxygen atoms in total. The molecule has 0 aliphatic heterocycles. The Kier molecular flexibility index (Phi) is 7.58. The zero-order valence-corrected chi connectivity index (χ0v) is 19.3. The molecule has 0 aliphatic rings. The summed E-state index contributed by atoms with van der Waals surface area (Å²) in [5, 5.41) is 8.37. The molecular formula is C27H27N3O4. The smallest absolute Gasteiger partial charge is 0.255 e. The highest BCUT2D eigenvalue weighted by atomic mass is 16.2. The maximum atomic E-state index is 12.5. The summed E-state index contributed by atoms with van der Waals surface area (Å²) in [6, 6.07) is 19.7. The van der Waals surface area contributed by atoms with Gasteiger partial charge >= 0.3 is 0 Å². The van der Waals surface area contributed by atoms with Crippen molar-refractivity contribution >= 4 is 41.1 Å². The van der Waals surface area contributed by atoms with Crippen molar-refractivity contribution < 1.29 is 19.2 Å². The third-order valence-corrected chi connectivity index (χ3v) is 4.83. The van der Waals surface area contributed by atoms with Crippen LogP contribution < -0.4 is 16.0 Å². The Morgan fingerprint density at radius 3 is 1.41 bits per heavy atom. The quantitative estimate of drug-likeness (QED) is 0.414. The predicted octanol–water partition coefficient (Wildman–Crippen LogP) is 5.38. The fourth-order valence-corrected chi connectivity index (χ4v) is 3.15. The van der Waals surface area contributed by atoms with Crippen molar-refractivity contribution in [3.8, 4) is 0 Å².